The number of aromatic nitrogens is 2. The second-order valence-electron chi connectivity index (χ2n) is 12.6. The number of fused-ring (bicyclic) bond motifs is 2. The number of rotatable bonds is 7. The number of carbonyl (C=O) groups is 1. The van der Waals surface area contributed by atoms with Crippen LogP contribution in [0.15, 0.2) is 30.3 Å². The highest BCUT2D eigenvalue weighted by atomic mass is 19.3. The molecule has 3 aromatic rings. The SMILES string of the molecule is Cc1nnc(NCc2cccc(C(F)(F)C(C)(C)O)c2F)c2cc3c(cc12)C(C)(C)C(=O)N3CC1CCN(C)CC1. The van der Waals surface area contributed by atoms with Crippen molar-refractivity contribution in [2.75, 3.05) is 36.9 Å². The quantitative estimate of drug-likeness (QED) is 0.390. The number of aliphatic hydroxyl groups is 1. The molecule has 0 bridgehead atoms. The Morgan fingerprint density at radius 1 is 1.12 bits per heavy atom. The van der Waals surface area contributed by atoms with E-state index in [2.05, 4.69) is 27.5 Å². The van der Waals surface area contributed by atoms with Crippen molar-refractivity contribution in [1.82, 2.24) is 15.1 Å². The van der Waals surface area contributed by atoms with Crippen LogP contribution in [0.3, 0.4) is 0 Å². The standard InChI is InChI=1S/C31H38F3N5O2/c1-18-21-14-24-25(39(28(40)29(24,2)3)17-19-10-12-38(6)13-11-19)15-22(21)27(37-36-18)35-16-20-8-7-9-23(26(20)32)31(33,34)30(4,5)41/h7-9,14-15,19,41H,10-13,16-17H2,1-6H3,(H,35,37). The molecule has 1 fully saturated rings. The second kappa shape index (κ2) is 10.2. The first kappa shape index (κ1) is 29.3. The number of hydrogen-bond acceptors (Lipinski definition) is 6. The number of nitrogens with one attached hydrogen (secondary N) is 1. The molecule has 0 radical (unpaired) electrons. The topological polar surface area (TPSA) is 81.6 Å². The average Bonchev–Trinajstić information content (AvgIpc) is 3.08. The summed E-state index contributed by atoms with van der Waals surface area (Å²) >= 11 is 0. The van der Waals surface area contributed by atoms with Crippen molar-refractivity contribution in [3.8, 4) is 0 Å². The molecule has 1 aromatic heterocycles. The van der Waals surface area contributed by atoms with Gasteiger partial charge >= 0.3 is 5.92 Å². The molecule has 2 N–H and O–H groups in total. The summed E-state index contributed by atoms with van der Waals surface area (Å²) in [5, 5.41) is 23.2. The van der Waals surface area contributed by atoms with Gasteiger partial charge in [0.25, 0.3) is 0 Å². The van der Waals surface area contributed by atoms with Gasteiger partial charge in [-0.2, -0.15) is 13.9 Å². The Morgan fingerprint density at radius 3 is 2.46 bits per heavy atom. The maximum absolute atomic E-state index is 15.3. The molecule has 2 aliphatic heterocycles. The summed E-state index contributed by atoms with van der Waals surface area (Å²) < 4.78 is 44.9. The van der Waals surface area contributed by atoms with Crippen LogP contribution in [-0.2, 0) is 22.7 Å². The Bertz CT molecular complexity index is 1490. The first-order valence-electron chi connectivity index (χ1n) is 14.1. The number of nitrogens with zero attached hydrogens (tertiary/aromatic N) is 4. The Balaban J connectivity index is 1.50. The summed E-state index contributed by atoms with van der Waals surface area (Å²) in [6, 6.07) is 7.69. The molecule has 0 unspecified atom stereocenters. The van der Waals surface area contributed by atoms with Gasteiger partial charge in [-0.1, -0.05) is 12.1 Å². The van der Waals surface area contributed by atoms with Gasteiger partial charge in [0.1, 0.15) is 11.4 Å². The van der Waals surface area contributed by atoms with E-state index in [0.717, 1.165) is 62.5 Å². The summed E-state index contributed by atoms with van der Waals surface area (Å²) in [5.41, 5.74) is -1.56. The molecule has 220 valence electrons. The Kier molecular flexibility index (Phi) is 7.31. The molecule has 0 aliphatic carbocycles. The molecule has 0 spiro atoms. The molecular formula is C31H38F3N5O2. The minimum Gasteiger partial charge on any atom is -0.384 e. The highest BCUT2D eigenvalue weighted by molar-refractivity contribution is 6.11. The molecule has 2 aliphatic rings. The van der Waals surface area contributed by atoms with Gasteiger partial charge in [0.15, 0.2) is 5.82 Å². The van der Waals surface area contributed by atoms with E-state index >= 15 is 4.39 Å². The van der Waals surface area contributed by atoms with E-state index < -0.39 is 28.3 Å². The maximum Gasteiger partial charge on any atom is 0.303 e. The van der Waals surface area contributed by atoms with Crippen LogP contribution < -0.4 is 10.2 Å². The fourth-order valence-electron chi connectivity index (χ4n) is 5.88. The van der Waals surface area contributed by atoms with E-state index in [-0.39, 0.29) is 18.0 Å². The summed E-state index contributed by atoms with van der Waals surface area (Å²) in [7, 11) is 2.11. The Labute approximate surface area is 238 Å². The zero-order valence-electron chi connectivity index (χ0n) is 24.5. The van der Waals surface area contributed by atoms with Crippen LogP contribution in [0, 0.1) is 18.7 Å². The van der Waals surface area contributed by atoms with Crippen LogP contribution >= 0.6 is 0 Å². The molecule has 41 heavy (non-hydrogen) atoms. The minimum atomic E-state index is -3.79. The molecule has 0 saturated carbocycles. The molecule has 3 heterocycles. The number of hydrogen-bond donors (Lipinski definition) is 2. The predicted octanol–water partition coefficient (Wildman–Crippen LogP) is 5.52. The molecule has 5 rings (SSSR count). The average molecular weight is 570 g/mol. The first-order chi connectivity index (χ1) is 19.1. The van der Waals surface area contributed by atoms with Crippen LogP contribution in [0.4, 0.5) is 24.7 Å². The van der Waals surface area contributed by atoms with E-state index in [1.807, 2.05) is 37.8 Å². The number of alkyl halides is 2. The van der Waals surface area contributed by atoms with Crippen LogP contribution in [0.1, 0.15) is 62.9 Å². The third-order valence-corrected chi connectivity index (χ3v) is 8.74. The van der Waals surface area contributed by atoms with Crippen molar-refractivity contribution in [3.63, 3.8) is 0 Å². The lowest BCUT2D eigenvalue weighted by Gasteiger charge is -2.32. The van der Waals surface area contributed by atoms with E-state index in [1.54, 1.807) is 0 Å². The first-order valence-corrected chi connectivity index (χ1v) is 14.1. The molecule has 0 atom stereocenters. The zero-order valence-corrected chi connectivity index (χ0v) is 24.5. The lowest BCUT2D eigenvalue weighted by atomic mass is 9.85. The summed E-state index contributed by atoms with van der Waals surface area (Å²) in [6.07, 6.45) is 2.05. The fraction of sp³-hybridized carbons (Fsp3) is 0.516. The van der Waals surface area contributed by atoms with Crippen LogP contribution in [-0.4, -0.2) is 58.4 Å². The van der Waals surface area contributed by atoms with Gasteiger partial charge in [0.2, 0.25) is 5.91 Å². The number of likely N-dealkylation sites (tertiary alicyclic amines) is 1. The molecule has 1 amide bonds. The predicted molar refractivity (Wildman–Crippen MR) is 154 cm³/mol. The number of benzene rings is 2. The van der Waals surface area contributed by atoms with Crippen molar-refractivity contribution in [1.29, 1.82) is 0 Å². The molecule has 10 heteroatoms. The van der Waals surface area contributed by atoms with Gasteiger partial charge in [-0.25, -0.2) is 4.39 Å². The van der Waals surface area contributed by atoms with Gasteiger partial charge in [-0.05, 0) is 97.3 Å². The van der Waals surface area contributed by atoms with Crippen molar-refractivity contribution >= 4 is 28.2 Å². The fourth-order valence-corrected chi connectivity index (χ4v) is 5.88. The van der Waals surface area contributed by atoms with Gasteiger partial charge in [-0.15, -0.1) is 5.10 Å². The van der Waals surface area contributed by atoms with E-state index in [1.165, 1.54) is 12.1 Å². The van der Waals surface area contributed by atoms with Crippen molar-refractivity contribution in [3.05, 3.63) is 58.5 Å². The molecule has 1 saturated heterocycles. The minimum absolute atomic E-state index is 0.00307. The smallest absolute Gasteiger partial charge is 0.303 e. The highest BCUT2D eigenvalue weighted by Crippen LogP contribution is 2.46. The van der Waals surface area contributed by atoms with E-state index in [4.69, 9.17) is 0 Å². The lowest BCUT2D eigenvalue weighted by molar-refractivity contribution is -0.170. The monoisotopic (exact) mass is 569 g/mol. The molecular weight excluding hydrogens is 531 g/mol. The summed E-state index contributed by atoms with van der Waals surface area (Å²) in [5.74, 6) is -4.06. The third-order valence-electron chi connectivity index (χ3n) is 8.74. The van der Waals surface area contributed by atoms with Crippen LogP contribution in [0.2, 0.25) is 0 Å². The largest absolute Gasteiger partial charge is 0.384 e. The van der Waals surface area contributed by atoms with Gasteiger partial charge < -0.3 is 20.2 Å². The zero-order chi connectivity index (χ0) is 29.9. The van der Waals surface area contributed by atoms with Gasteiger partial charge in [0, 0.05) is 35.1 Å². The second-order valence-corrected chi connectivity index (χ2v) is 12.6. The number of halogens is 3. The van der Waals surface area contributed by atoms with Crippen molar-refractivity contribution < 1.29 is 23.1 Å². The number of aryl methyl sites for hydroxylation is 1. The normalized spacial score (nSPS) is 18.3. The third kappa shape index (κ3) is 5.05. The van der Waals surface area contributed by atoms with E-state index in [0.29, 0.717) is 29.4 Å². The van der Waals surface area contributed by atoms with Gasteiger partial charge in [0.05, 0.1) is 16.7 Å². The highest BCUT2D eigenvalue weighted by Gasteiger charge is 2.49. The number of piperidine rings is 1. The lowest BCUT2D eigenvalue weighted by Crippen LogP contribution is -2.41. The number of amides is 1. The Hall–Kier alpha value is -3.24. The maximum atomic E-state index is 15.3. The van der Waals surface area contributed by atoms with Crippen LogP contribution in [0.5, 0.6) is 0 Å². The number of anilines is 2. The summed E-state index contributed by atoms with van der Waals surface area (Å²) in [6.45, 7) is 10.1. The van der Waals surface area contributed by atoms with Crippen molar-refractivity contribution in [2.24, 2.45) is 5.92 Å². The molecule has 2 aromatic carbocycles. The summed E-state index contributed by atoms with van der Waals surface area (Å²) in [4.78, 5) is 17.8. The van der Waals surface area contributed by atoms with Crippen molar-refractivity contribution in [2.45, 2.75) is 70.9 Å². The number of carbonyl (C=O) groups excluding carboxylic acids is 1. The Morgan fingerprint density at radius 2 is 1.80 bits per heavy atom. The van der Waals surface area contributed by atoms with Crippen LogP contribution in [0.25, 0.3) is 10.8 Å². The van der Waals surface area contributed by atoms with Gasteiger partial charge in [-0.3, -0.25) is 4.79 Å². The molecule has 7 nitrogen and oxygen atoms in total. The van der Waals surface area contributed by atoms with E-state index in [9.17, 15) is 18.7 Å².